The lowest BCUT2D eigenvalue weighted by molar-refractivity contribution is 0.464. The lowest BCUT2D eigenvalue weighted by Crippen LogP contribution is -2.26. The molecule has 5 nitrogen and oxygen atoms in total. The number of hydrogen-bond donors (Lipinski definition) is 1. The minimum absolute atomic E-state index is 0.000741. The SMILES string of the molecule is Cc1ccc(S(=O)(=O)n2cccc(O)c2=O)cc1. The van der Waals surface area contributed by atoms with Gasteiger partial charge in [0.1, 0.15) is 0 Å². The smallest absolute Gasteiger partial charge is 0.306 e. The summed E-state index contributed by atoms with van der Waals surface area (Å²) in [5.74, 6) is -0.604. The van der Waals surface area contributed by atoms with Crippen LogP contribution in [0.2, 0.25) is 0 Å². The Hall–Kier alpha value is -2.08. The van der Waals surface area contributed by atoms with Gasteiger partial charge in [-0.05, 0) is 31.2 Å². The minimum atomic E-state index is -3.96. The molecule has 94 valence electrons. The Bertz CT molecular complexity index is 729. The predicted molar refractivity (Wildman–Crippen MR) is 66.1 cm³/mol. The van der Waals surface area contributed by atoms with E-state index in [1.54, 1.807) is 12.1 Å². The van der Waals surface area contributed by atoms with E-state index in [9.17, 15) is 18.3 Å². The van der Waals surface area contributed by atoms with E-state index >= 15 is 0 Å². The third-order valence-electron chi connectivity index (χ3n) is 2.47. The Balaban J connectivity index is 2.66. The summed E-state index contributed by atoms with van der Waals surface area (Å²) in [7, 11) is -3.96. The predicted octanol–water partition coefficient (Wildman–Crippen LogP) is 1.10. The monoisotopic (exact) mass is 265 g/mol. The first-order chi connectivity index (χ1) is 8.43. The van der Waals surface area contributed by atoms with Gasteiger partial charge in [-0.1, -0.05) is 17.7 Å². The van der Waals surface area contributed by atoms with Crippen molar-refractivity contribution in [1.82, 2.24) is 3.97 Å². The average molecular weight is 265 g/mol. The zero-order chi connectivity index (χ0) is 13.3. The van der Waals surface area contributed by atoms with Crippen LogP contribution < -0.4 is 5.56 Å². The van der Waals surface area contributed by atoms with Crippen molar-refractivity contribution in [1.29, 1.82) is 0 Å². The van der Waals surface area contributed by atoms with E-state index in [4.69, 9.17) is 0 Å². The van der Waals surface area contributed by atoms with E-state index in [-0.39, 0.29) is 4.90 Å². The first kappa shape index (κ1) is 12.4. The number of aromatic nitrogens is 1. The van der Waals surface area contributed by atoms with Crippen molar-refractivity contribution in [3.05, 3.63) is 58.5 Å². The summed E-state index contributed by atoms with van der Waals surface area (Å²) in [4.78, 5) is 11.6. The van der Waals surface area contributed by atoms with Crippen molar-refractivity contribution >= 4 is 10.0 Å². The van der Waals surface area contributed by atoms with Crippen molar-refractivity contribution in [2.75, 3.05) is 0 Å². The number of rotatable bonds is 2. The normalized spacial score (nSPS) is 11.4. The van der Waals surface area contributed by atoms with E-state index in [0.29, 0.717) is 3.97 Å². The molecule has 0 saturated heterocycles. The molecule has 1 N–H and O–H groups in total. The van der Waals surface area contributed by atoms with Gasteiger partial charge in [-0.25, -0.2) is 12.4 Å². The molecular formula is C12H11NO4S. The molecule has 0 amide bonds. The molecule has 6 heteroatoms. The van der Waals surface area contributed by atoms with Crippen LogP contribution in [0.4, 0.5) is 0 Å². The molecule has 0 aliphatic carbocycles. The molecule has 0 unspecified atom stereocenters. The van der Waals surface area contributed by atoms with Crippen LogP contribution in [0.1, 0.15) is 5.56 Å². The summed E-state index contributed by atoms with van der Waals surface area (Å²) in [6.07, 6.45) is 1.11. The molecule has 0 spiro atoms. The molecule has 0 atom stereocenters. The van der Waals surface area contributed by atoms with Crippen LogP contribution in [-0.2, 0) is 10.0 Å². The summed E-state index contributed by atoms with van der Waals surface area (Å²) >= 11 is 0. The van der Waals surface area contributed by atoms with Crippen LogP contribution in [-0.4, -0.2) is 17.5 Å². The molecule has 1 heterocycles. The summed E-state index contributed by atoms with van der Waals surface area (Å²) in [6.45, 7) is 1.83. The second kappa shape index (κ2) is 4.30. The van der Waals surface area contributed by atoms with Gasteiger partial charge in [-0.3, -0.25) is 4.79 Å². The Morgan fingerprint density at radius 2 is 1.72 bits per heavy atom. The zero-order valence-corrected chi connectivity index (χ0v) is 10.4. The van der Waals surface area contributed by atoms with Gasteiger partial charge < -0.3 is 5.11 Å². The summed E-state index contributed by atoms with van der Waals surface area (Å²) in [5, 5.41) is 9.26. The lowest BCUT2D eigenvalue weighted by atomic mass is 10.2. The van der Waals surface area contributed by atoms with Crippen molar-refractivity contribution in [2.45, 2.75) is 11.8 Å². The topological polar surface area (TPSA) is 76.4 Å². The van der Waals surface area contributed by atoms with Crippen molar-refractivity contribution < 1.29 is 13.5 Å². The molecule has 1 aromatic carbocycles. The Kier molecular flexibility index (Phi) is 2.96. The number of aromatic hydroxyl groups is 1. The van der Waals surface area contributed by atoms with Gasteiger partial charge in [0.2, 0.25) is 0 Å². The molecule has 0 bridgehead atoms. The maximum atomic E-state index is 12.2. The molecular weight excluding hydrogens is 254 g/mol. The Morgan fingerprint density at radius 1 is 1.11 bits per heavy atom. The van der Waals surface area contributed by atoms with Gasteiger partial charge in [0, 0.05) is 6.20 Å². The van der Waals surface area contributed by atoms with Gasteiger partial charge in [-0.15, -0.1) is 0 Å². The van der Waals surface area contributed by atoms with Gasteiger partial charge in [0.05, 0.1) is 4.90 Å². The molecule has 1 aromatic heterocycles. The Morgan fingerprint density at radius 3 is 2.33 bits per heavy atom. The van der Waals surface area contributed by atoms with Gasteiger partial charge in [0.15, 0.2) is 5.75 Å². The van der Waals surface area contributed by atoms with Crippen molar-refractivity contribution in [2.24, 2.45) is 0 Å². The summed E-state index contributed by atoms with van der Waals surface area (Å²) in [5.41, 5.74) is -0.0460. The second-order valence-electron chi connectivity index (χ2n) is 3.81. The van der Waals surface area contributed by atoms with Crippen molar-refractivity contribution in [3.8, 4) is 5.75 Å². The standard InChI is InChI=1S/C12H11NO4S/c1-9-4-6-10(7-5-9)18(16,17)13-8-2-3-11(14)12(13)15/h2-8,14H,1H3. The fraction of sp³-hybridized carbons (Fsp3) is 0.0833. The molecule has 0 aliphatic heterocycles. The van der Waals surface area contributed by atoms with Crippen molar-refractivity contribution in [3.63, 3.8) is 0 Å². The fourth-order valence-electron chi connectivity index (χ4n) is 1.48. The molecule has 2 aromatic rings. The highest BCUT2D eigenvalue weighted by Gasteiger charge is 2.18. The largest absolute Gasteiger partial charge is 0.503 e. The number of hydrogen-bond acceptors (Lipinski definition) is 4. The molecule has 0 aliphatic rings. The molecule has 0 fully saturated rings. The zero-order valence-electron chi connectivity index (χ0n) is 9.57. The fourth-order valence-corrected chi connectivity index (χ4v) is 2.73. The van der Waals surface area contributed by atoms with Crippen LogP contribution in [0.3, 0.4) is 0 Å². The van der Waals surface area contributed by atoms with Crippen LogP contribution in [0.15, 0.2) is 52.3 Å². The van der Waals surface area contributed by atoms with E-state index in [1.165, 1.54) is 18.2 Å². The van der Waals surface area contributed by atoms with E-state index < -0.39 is 21.3 Å². The summed E-state index contributed by atoms with van der Waals surface area (Å²) in [6, 6.07) is 8.55. The highest BCUT2D eigenvalue weighted by Crippen LogP contribution is 2.13. The van der Waals surface area contributed by atoms with Crippen LogP contribution in [0, 0.1) is 6.92 Å². The number of aryl methyl sites for hydroxylation is 1. The highest BCUT2D eigenvalue weighted by atomic mass is 32.2. The van der Waals surface area contributed by atoms with E-state index in [1.807, 2.05) is 6.92 Å². The second-order valence-corrected chi connectivity index (χ2v) is 5.63. The molecule has 2 rings (SSSR count). The highest BCUT2D eigenvalue weighted by molar-refractivity contribution is 7.90. The molecule has 0 saturated carbocycles. The number of nitrogens with zero attached hydrogens (tertiary/aromatic N) is 1. The molecule has 0 radical (unpaired) electrons. The first-order valence-corrected chi connectivity index (χ1v) is 6.60. The third-order valence-corrected chi connectivity index (χ3v) is 4.15. The first-order valence-electron chi connectivity index (χ1n) is 5.16. The van der Waals surface area contributed by atoms with Gasteiger partial charge in [-0.2, -0.15) is 0 Å². The van der Waals surface area contributed by atoms with Crippen LogP contribution in [0.5, 0.6) is 5.75 Å². The number of benzene rings is 1. The quantitative estimate of drug-likeness (QED) is 0.882. The third kappa shape index (κ3) is 2.02. The minimum Gasteiger partial charge on any atom is -0.503 e. The van der Waals surface area contributed by atoms with E-state index in [2.05, 4.69) is 0 Å². The van der Waals surface area contributed by atoms with Crippen LogP contribution in [0.25, 0.3) is 0 Å². The maximum absolute atomic E-state index is 12.2. The van der Waals surface area contributed by atoms with Gasteiger partial charge >= 0.3 is 5.56 Å². The molecule has 18 heavy (non-hydrogen) atoms. The summed E-state index contributed by atoms with van der Waals surface area (Å²) < 4.78 is 24.9. The average Bonchev–Trinajstić information content (AvgIpc) is 2.33. The Labute approximate surface area is 104 Å². The van der Waals surface area contributed by atoms with Crippen LogP contribution >= 0.6 is 0 Å². The van der Waals surface area contributed by atoms with Gasteiger partial charge in [0.25, 0.3) is 10.0 Å². The maximum Gasteiger partial charge on any atom is 0.306 e. The lowest BCUT2D eigenvalue weighted by Gasteiger charge is -2.07. The van der Waals surface area contributed by atoms with E-state index in [0.717, 1.165) is 17.8 Å². The number of pyridine rings is 1.